The Labute approximate surface area is 129 Å². The van der Waals surface area contributed by atoms with E-state index >= 15 is 0 Å². The molecule has 0 aliphatic heterocycles. The van der Waals surface area contributed by atoms with Gasteiger partial charge < -0.3 is 15.3 Å². The van der Waals surface area contributed by atoms with Crippen LogP contribution in [-0.4, -0.2) is 50.5 Å². The summed E-state index contributed by atoms with van der Waals surface area (Å²) in [5.74, 6) is 0. The average Bonchev–Trinajstić information content (AvgIpc) is 3.07. The average molecular weight is 303 g/mol. The number of aromatic nitrogens is 3. The minimum atomic E-state index is -0.176. The van der Waals surface area contributed by atoms with Crippen molar-refractivity contribution >= 4 is 6.03 Å². The fraction of sp³-hybridized carbons (Fsp3) is 0.400. The Bertz CT molecular complexity index is 582. The molecule has 7 heteroatoms. The van der Waals surface area contributed by atoms with Crippen LogP contribution in [0.5, 0.6) is 0 Å². The number of nitrogens with one attached hydrogen (secondary N) is 1. The second-order valence-electron chi connectivity index (χ2n) is 4.91. The first-order chi connectivity index (χ1) is 10.7. The van der Waals surface area contributed by atoms with Gasteiger partial charge in [0.1, 0.15) is 12.7 Å². The summed E-state index contributed by atoms with van der Waals surface area (Å²) in [4.78, 5) is 17.6. The summed E-state index contributed by atoms with van der Waals surface area (Å²) in [6, 6.07) is 7.46. The maximum atomic E-state index is 12.1. The van der Waals surface area contributed by atoms with Gasteiger partial charge in [-0.2, -0.15) is 5.10 Å². The number of amides is 2. The van der Waals surface area contributed by atoms with Crippen molar-refractivity contribution in [2.75, 3.05) is 19.7 Å². The molecule has 118 valence electrons. The number of nitrogens with zero attached hydrogens (tertiary/aromatic N) is 4. The number of aliphatic hydroxyl groups excluding tert-OH is 1. The number of urea groups is 1. The Morgan fingerprint density at radius 3 is 2.68 bits per heavy atom. The van der Waals surface area contributed by atoms with Crippen molar-refractivity contribution in [2.45, 2.75) is 19.9 Å². The number of rotatable bonds is 6. The van der Waals surface area contributed by atoms with Crippen molar-refractivity contribution in [1.82, 2.24) is 25.0 Å². The van der Waals surface area contributed by atoms with Gasteiger partial charge in [-0.05, 0) is 31.5 Å². The number of carbonyl (C=O) groups excluding carboxylic acids is 1. The SMILES string of the molecule is CCN(CCO)C(=O)NC(C)c1ccc(-n2cncn2)cc1. The number of likely N-dealkylation sites (N-methyl/N-ethyl adjacent to an activating group) is 1. The van der Waals surface area contributed by atoms with Gasteiger partial charge in [-0.25, -0.2) is 14.5 Å². The van der Waals surface area contributed by atoms with E-state index in [-0.39, 0.29) is 18.7 Å². The summed E-state index contributed by atoms with van der Waals surface area (Å²) in [6.07, 6.45) is 3.12. The van der Waals surface area contributed by atoms with Crippen molar-refractivity contribution in [3.05, 3.63) is 42.5 Å². The van der Waals surface area contributed by atoms with Gasteiger partial charge in [0.25, 0.3) is 0 Å². The quantitative estimate of drug-likeness (QED) is 0.844. The van der Waals surface area contributed by atoms with E-state index in [0.29, 0.717) is 13.1 Å². The van der Waals surface area contributed by atoms with Gasteiger partial charge in [0.05, 0.1) is 18.3 Å². The number of carbonyl (C=O) groups is 1. The Balaban J connectivity index is 2.00. The first-order valence-corrected chi connectivity index (χ1v) is 7.27. The Kier molecular flexibility index (Phi) is 5.48. The Morgan fingerprint density at radius 1 is 1.41 bits per heavy atom. The van der Waals surface area contributed by atoms with Gasteiger partial charge in [-0.3, -0.25) is 0 Å². The number of aliphatic hydroxyl groups is 1. The Morgan fingerprint density at radius 2 is 2.14 bits per heavy atom. The van der Waals surface area contributed by atoms with Gasteiger partial charge in [0, 0.05) is 13.1 Å². The van der Waals surface area contributed by atoms with Crippen LogP contribution in [0, 0.1) is 0 Å². The second-order valence-corrected chi connectivity index (χ2v) is 4.91. The lowest BCUT2D eigenvalue weighted by Gasteiger charge is -2.23. The van der Waals surface area contributed by atoms with E-state index in [1.807, 2.05) is 38.1 Å². The van der Waals surface area contributed by atoms with E-state index < -0.39 is 0 Å². The first kappa shape index (κ1) is 16.0. The highest BCUT2D eigenvalue weighted by atomic mass is 16.3. The molecule has 2 aromatic rings. The molecule has 0 aliphatic carbocycles. The molecule has 22 heavy (non-hydrogen) atoms. The van der Waals surface area contributed by atoms with Crippen molar-refractivity contribution in [2.24, 2.45) is 0 Å². The molecule has 1 aromatic heterocycles. The molecule has 1 heterocycles. The molecule has 2 rings (SSSR count). The summed E-state index contributed by atoms with van der Waals surface area (Å²) in [6.45, 7) is 4.66. The van der Waals surface area contributed by atoms with Crippen LogP contribution in [0.15, 0.2) is 36.9 Å². The molecule has 0 spiro atoms. The molecule has 0 saturated heterocycles. The van der Waals surface area contributed by atoms with E-state index in [9.17, 15) is 4.79 Å². The third-order valence-corrected chi connectivity index (χ3v) is 3.46. The standard InChI is InChI=1S/C15H21N5O2/c1-3-19(8-9-21)15(22)18-12(2)13-4-6-14(7-5-13)20-11-16-10-17-20/h4-7,10-12,21H,3,8-9H2,1-2H3,(H,18,22). The molecule has 0 radical (unpaired) electrons. The van der Waals surface area contributed by atoms with Gasteiger partial charge in [-0.1, -0.05) is 12.1 Å². The molecule has 2 amide bonds. The van der Waals surface area contributed by atoms with E-state index in [1.54, 1.807) is 15.9 Å². The van der Waals surface area contributed by atoms with Crippen molar-refractivity contribution in [3.63, 3.8) is 0 Å². The highest BCUT2D eigenvalue weighted by Gasteiger charge is 2.14. The molecular weight excluding hydrogens is 282 g/mol. The summed E-state index contributed by atoms with van der Waals surface area (Å²) >= 11 is 0. The molecule has 7 nitrogen and oxygen atoms in total. The monoisotopic (exact) mass is 303 g/mol. The molecule has 1 aromatic carbocycles. The van der Waals surface area contributed by atoms with E-state index in [2.05, 4.69) is 15.4 Å². The molecule has 1 atom stereocenters. The maximum Gasteiger partial charge on any atom is 0.317 e. The van der Waals surface area contributed by atoms with E-state index in [1.165, 1.54) is 6.33 Å². The van der Waals surface area contributed by atoms with Crippen LogP contribution >= 0.6 is 0 Å². The first-order valence-electron chi connectivity index (χ1n) is 7.27. The molecule has 2 N–H and O–H groups in total. The van der Waals surface area contributed by atoms with Crippen molar-refractivity contribution in [3.8, 4) is 5.69 Å². The largest absolute Gasteiger partial charge is 0.395 e. The smallest absolute Gasteiger partial charge is 0.317 e. The molecule has 0 saturated carbocycles. The molecule has 0 fully saturated rings. The van der Waals surface area contributed by atoms with Crippen LogP contribution in [0.4, 0.5) is 4.79 Å². The predicted molar refractivity (Wildman–Crippen MR) is 82.6 cm³/mol. The van der Waals surface area contributed by atoms with Crippen LogP contribution < -0.4 is 5.32 Å². The van der Waals surface area contributed by atoms with Crippen LogP contribution in [0.1, 0.15) is 25.5 Å². The molecule has 0 bridgehead atoms. The highest BCUT2D eigenvalue weighted by molar-refractivity contribution is 5.74. The topological polar surface area (TPSA) is 83.3 Å². The zero-order valence-corrected chi connectivity index (χ0v) is 12.8. The number of hydrogen-bond donors (Lipinski definition) is 2. The fourth-order valence-electron chi connectivity index (χ4n) is 2.14. The fourth-order valence-corrected chi connectivity index (χ4v) is 2.14. The summed E-state index contributed by atoms with van der Waals surface area (Å²) < 4.78 is 1.67. The lowest BCUT2D eigenvalue weighted by Crippen LogP contribution is -2.42. The summed E-state index contributed by atoms with van der Waals surface area (Å²) in [5.41, 5.74) is 1.91. The number of benzene rings is 1. The van der Waals surface area contributed by atoms with Gasteiger partial charge in [0.15, 0.2) is 0 Å². The lowest BCUT2D eigenvalue weighted by atomic mass is 10.1. The minimum absolute atomic E-state index is 0.0394. The second kappa shape index (κ2) is 7.56. The van der Waals surface area contributed by atoms with Gasteiger partial charge in [-0.15, -0.1) is 0 Å². The minimum Gasteiger partial charge on any atom is -0.395 e. The van der Waals surface area contributed by atoms with Crippen LogP contribution in [-0.2, 0) is 0 Å². The third kappa shape index (κ3) is 3.82. The molecular formula is C15H21N5O2. The zero-order valence-electron chi connectivity index (χ0n) is 12.8. The Hall–Kier alpha value is -2.41. The van der Waals surface area contributed by atoms with Gasteiger partial charge in [0.2, 0.25) is 0 Å². The molecule has 0 aliphatic rings. The summed E-state index contributed by atoms with van der Waals surface area (Å²) in [7, 11) is 0. The van der Waals surface area contributed by atoms with Crippen LogP contribution in [0.25, 0.3) is 5.69 Å². The summed E-state index contributed by atoms with van der Waals surface area (Å²) in [5, 5.41) is 16.0. The van der Waals surface area contributed by atoms with E-state index in [0.717, 1.165) is 11.3 Å². The van der Waals surface area contributed by atoms with Gasteiger partial charge >= 0.3 is 6.03 Å². The van der Waals surface area contributed by atoms with Crippen LogP contribution in [0.3, 0.4) is 0 Å². The molecule has 1 unspecified atom stereocenters. The highest BCUT2D eigenvalue weighted by Crippen LogP contribution is 2.15. The third-order valence-electron chi connectivity index (χ3n) is 3.46. The van der Waals surface area contributed by atoms with Crippen molar-refractivity contribution < 1.29 is 9.90 Å². The number of hydrogen-bond acceptors (Lipinski definition) is 4. The predicted octanol–water partition coefficient (Wildman–Crippen LogP) is 1.35. The maximum absolute atomic E-state index is 12.1. The van der Waals surface area contributed by atoms with Crippen LogP contribution in [0.2, 0.25) is 0 Å². The van der Waals surface area contributed by atoms with E-state index in [4.69, 9.17) is 5.11 Å². The normalized spacial score (nSPS) is 12.0. The lowest BCUT2D eigenvalue weighted by molar-refractivity contribution is 0.178. The zero-order chi connectivity index (χ0) is 15.9. The van der Waals surface area contributed by atoms with Crippen molar-refractivity contribution in [1.29, 1.82) is 0 Å².